The molecule has 4 atom stereocenters. The molecule has 5 nitrogen and oxygen atoms in total. The fourth-order valence-electron chi connectivity index (χ4n) is 2.30. The summed E-state index contributed by atoms with van der Waals surface area (Å²) in [5.41, 5.74) is 5.93. The van der Waals surface area contributed by atoms with Gasteiger partial charge in [0.05, 0.1) is 6.10 Å². The first-order chi connectivity index (χ1) is 7.03. The third kappa shape index (κ3) is 2.06. The predicted octanol–water partition coefficient (Wildman–Crippen LogP) is -0.178. The molecule has 0 amide bonds. The molecule has 15 heavy (non-hydrogen) atoms. The summed E-state index contributed by atoms with van der Waals surface area (Å²) >= 11 is 0. The first-order valence-electron chi connectivity index (χ1n) is 5.20. The second-order valence-electron chi connectivity index (χ2n) is 4.50. The van der Waals surface area contributed by atoms with Gasteiger partial charge in [-0.2, -0.15) is 0 Å². The molecule has 1 aliphatic carbocycles. The molecule has 86 valence electrons. The zero-order chi connectivity index (χ0) is 11.1. The van der Waals surface area contributed by atoms with Gasteiger partial charge in [-0.1, -0.05) is 0 Å². The molecule has 2 N–H and O–H groups in total. The average Bonchev–Trinajstić information content (AvgIpc) is 2.60. The molecule has 0 spiro atoms. The van der Waals surface area contributed by atoms with Crippen LogP contribution in [0.2, 0.25) is 0 Å². The highest BCUT2D eigenvalue weighted by Crippen LogP contribution is 2.38. The van der Waals surface area contributed by atoms with E-state index in [1.807, 2.05) is 13.8 Å². The van der Waals surface area contributed by atoms with Crippen molar-refractivity contribution in [3.05, 3.63) is 0 Å². The van der Waals surface area contributed by atoms with E-state index in [9.17, 15) is 4.79 Å². The minimum absolute atomic E-state index is 0.0755. The summed E-state index contributed by atoms with van der Waals surface area (Å²) < 4.78 is 16.8. The van der Waals surface area contributed by atoms with E-state index in [1.165, 1.54) is 0 Å². The zero-order valence-corrected chi connectivity index (χ0v) is 9.01. The van der Waals surface area contributed by atoms with Crippen LogP contribution in [0, 0.1) is 0 Å². The summed E-state index contributed by atoms with van der Waals surface area (Å²) in [7, 11) is 0. The fraction of sp³-hybridized carbons (Fsp3) is 0.900. The molecule has 0 radical (unpaired) electrons. The van der Waals surface area contributed by atoms with Crippen LogP contribution < -0.4 is 5.73 Å². The van der Waals surface area contributed by atoms with Gasteiger partial charge >= 0.3 is 0 Å². The van der Waals surface area contributed by atoms with Crippen molar-refractivity contribution in [1.82, 2.24) is 0 Å². The largest absolute Gasteiger partial charge is 0.368 e. The van der Waals surface area contributed by atoms with Crippen molar-refractivity contribution in [3.63, 3.8) is 0 Å². The van der Waals surface area contributed by atoms with Gasteiger partial charge in [0.2, 0.25) is 0 Å². The first-order valence-corrected chi connectivity index (χ1v) is 5.20. The quantitative estimate of drug-likeness (QED) is 0.661. The Bertz CT molecular complexity index is 256. The molecule has 0 unspecified atom stereocenters. The highest BCUT2D eigenvalue weighted by Gasteiger charge is 2.53. The smallest absolute Gasteiger partial charge is 0.163 e. The fourth-order valence-corrected chi connectivity index (χ4v) is 2.30. The lowest BCUT2D eigenvalue weighted by Crippen LogP contribution is -2.35. The number of carbonyl (C=O) groups is 1. The van der Waals surface area contributed by atoms with Crippen LogP contribution in [0.4, 0.5) is 0 Å². The third-order valence-corrected chi connectivity index (χ3v) is 2.83. The molecule has 0 aromatic heterocycles. The van der Waals surface area contributed by atoms with Crippen LogP contribution >= 0.6 is 0 Å². The van der Waals surface area contributed by atoms with Crippen LogP contribution in [-0.4, -0.2) is 43.0 Å². The highest BCUT2D eigenvalue weighted by atomic mass is 16.8. The number of ether oxygens (including phenoxy) is 3. The molecule has 5 heteroatoms. The Hall–Kier alpha value is -0.490. The Morgan fingerprint density at radius 2 is 2.13 bits per heavy atom. The predicted molar refractivity (Wildman–Crippen MR) is 52.2 cm³/mol. The first kappa shape index (κ1) is 11.0. The van der Waals surface area contributed by atoms with E-state index in [0.29, 0.717) is 6.42 Å². The van der Waals surface area contributed by atoms with E-state index in [2.05, 4.69) is 0 Å². The Labute approximate surface area is 88.9 Å². The van der Waals surface area contributed by atoms with Crippen molar-refractivity contribution in [2.45, 2.75) is 50.4 Å². The Morgan fingerprint density at radius 1 is 1.47 bits per heavy atom. The molecular weight excluding hydrogens is 198 g/mol. The van der Waals surface area contributed by atoms with Gasteiger partial charge in [-0.3, -0.25) is 0 Å². The number of rotatable bonds is 3. The van der Waals surface area contributed by atoms with E-state index in [-0.39, 0.29) is 31.0 Å². The van der Waals surface area contributed by atoms with Gasteiger partial charge in [-0.25, -0.2) is 0 Å². The molecule has 2 rings (SSSR count). The van der Waals surface area contributed by atoms with Crippen molar-refractivity contribution < 1.29 is 19.0 Å². The lowest BCUT2D eigenvalue weighted by Gasteiger charge is -2.22. The molecule has 0 bridgehead atoms. The van der Waals surface area contributed by atoms with Gasteiger partial charge < -0.3 is 24.7 Å². The summed E-state index contributed by atoms with van der Waals surface area (Å²) in [5, 5.41) is 0. The standard InChI is InChI=1S/C10H17NO4/c1-10(2)14-8-6(11)5-7(9(8)15-10)13-4-3-12/h3,6-9H,4-5,11H2,1-2H3/t6-,7+,8+,9-/m1/s1. The number of hydrogen-bond acceptors (Lipinski definition) is 5. The second kappa shape index (κ2) is 3.83. The van der Waals surface area contributed by atoms with Crippen molar-refractivity contribution in [1.29, 1.82) is 0 Å². The highest BCUT2D eigenvalue weighted by molar-refractivity contribution is 5.50. The van der Waals surface area contributed by atoms with Crippen LogP contribution in [0.5, 0.6) is 0 Å². The normalized spacial score (nSPS) is 42.9. The molecule has 1 heterocycles. The van der Waals surface area contributed by atoms with Crippen molar-refractivity contribution >= 4 is 6.29 Å². The summed E-state index contributed by atoms with van der Waals surface area (Å²) in [5.74, 6) is -0.601. The van der Waals surface area contributed by atoms with Crippen molar-refractivity contribution in [2.24, 2.45) is 5.73 Å². The van der Waals surface area contributed by atoms with Crippen molar-refractivity contribution in [3.8, 4) is 0 Å². The number of fused-ring (bicyclic) bond motifs is 1. The summed E-state index contributed by atoms with van der Waals surface area (Å²) in [4.78, 5) is 10.2. The van der Waals surface area contributed by atoms with Gasteiger partial charge in [0.1, 0.15) is 25.1 Å². The van der Waals surface area contributed by atoms with Gasteiger partial charge in [-0.15, -0.1) is 0 Å². The van der Waals surface area contributed by atoms with Crippen LogP contribution in [0.25, 0.3) is 0 Å². The number of carbonyl (C=O) groups excluding carboxylic acids is 1. The average molecular weight is 215 g/mol. The molecular formula is C10H17NO4. The number of nitrogens with two attached hydrogens (primary N) is 1. The lowest BCUT2D eigenvalue weighted by molar-refractivity contribution is -0.167. The maximum Gasteiger partial charge on any atom is 0.163 e. The summed E-state index contributed by atoms with van der Waals surface area (Å²) in [6.45, 7) is 3.80. The Kier molecular flexibility index (Phi) is 2.81. The second-order valence-corrected chi connectivity index (χ2v) is 4.50. The Balaban J connectivity index is 2.02. The number of hydrogen-bond donors (Lipinski definition) is 1. The minimum Gasteiger partial charge on any atom is -0.368 e. The molecule has 1 saturated heterocycles. The molecule has 1 aliphatic heterocycles. The van der Waals surface area contributed by atoms with Crippen LogP contribution in [0.15, 0.2) is 0 Å². The SMILES string of the molecule is CC1(C)O[C@@H]2[C@H](O1)[C@@H](OCC=O)C[C@H]2N. The van der Waals surface area contributed by atoms with Crippen LogP contribution in [-0.2, 0) is 19.0 Å². The topological polar surface area (TPSA) is 70.8 Å². The lowest BCUT2D eigenvalue weighted by atomic mass is 10.2. The van der Waals surface area contributed by atoms with E-state index < -0.39 is 5.79 Å². The van der Waals surface area contributed by atoms with Gasteiger partial charge in [-0.05, 0) is 20.3 Å². The van der Waals surface area contributed by atoms with E-state index in [1.54, 1.807) is 0 Å². The summed E-state index contributed by atoms with van der Waals surface area (Å²) in [6, 6.07) is -0.0755. The third-order valence-electron chi connectivity index (χ3n) is 2.83. The number of aldehydes is 1. The van der Waals surface area contributed by atoms with Crippen molar-refractivity contribution in [2.75, 3.05) is 6.61 Å². The monoisotopic (exact) mass is 215 g/mol. The van der Waals surface area contributed by atoms with E-state index in [0.717, 1.165) is 6.29 Å². The molecule has 0 aromatic carbocycles. The molecule has 2 fully saturated rings. The van der Waals surface area contributed by atoms with Crippen LogP contribution in [0.3, 0.4) is 0 Å². The van der Waals surface area contributed by atoms with E-state index in [4.69, 9.17) is 19.9 Å². The summed E-state index contributed by atoms with van der Waals surface area (Å²) in [6.07, 6.45) is 1.03. The molecule has 0 aromatic rings. The van der Waals surface area contributed by atoms with Gasteiger partial charge in [0.15, 0.2) is 5.79 Å². The van der Waals surface area contributed by atoms with Crippen LogP contribution in [0.1, 0.15) is 20.3 Å². The zero-order valence-electron chi connectivity index (χ0n) is 9.01. The van der Waals surface area contributed by atoms with Gasteiger partial charge in [0, 0.05) is 6.04 Å². The molecule has 1 saturated carbocycles. The Morgan fingerprint density at radius 3 is 2.80 bits per heavy atom. The molecule has 2 aliphatic rings. The van der Waals surface area contributed by atoms with E-state index >= 15 is 0 Å². The van der Waals surface area contributed by atoms with Gasteiger partial charge in [0.25, 0.3) is 0 Å². The maximum absolute atomic E-state index is 10.2. The maximum atomic E-state index is 10.2. The minimum atomic E-state index is -0.601.